The van der Waals surface area contributed by atoms with Gasteiger partial charge in [0, 0.05) is 18.4 Å². The first-order valence-corrected chi connectivity index (χ1v) is 6.19. The van der Waals surface area contributed by atoms with E-state index in [0.29, 0.717) is 6.54 Å². The van der Waals surface area contributed by atoms with Gasteiger partial charge in [0.2, 0.25) is 0 Å². The smallest absolute Gasteiger partial charge is 0.144 e. The molecule has 18 heavy (non-hydrogen) atoms. The maximum atomic E-state index is 13.5. The van der Waals surface area contributed by atoms with Gasteiger partial charge in [-0.05, 0) is 43.1 Å². The van der Waals surface area contributed by atoms with Gasteiger partial charge in [0.05, 0.1) is 0 Å². The molecule has 1 aromatic carbocycles. The number of ketones is 1. The lowest BCUT2D eigenvalue weighted by atomic mass is 9.77. The van der Waals surface area contributed by atoms with Crippen molar-refractivity contribution in [1.82, 2.24) is 5.32 Å². The van der Waals surface area contributed by atoms with E-state index in [1.165, 1.54) is 0 Å². The molecule has 1 saturated heterocycles. The summed E-state index contributed by atoms with van der Waals surface area (Å²) < 4.78 is 26.5. The summed E-state index contributed by atoms with van der Waals surface area (Å²) in [5.41, 5.74) is -0.316. The number of piperidine rings is 1. The second kappa shape index (κ2) is 5.14. The molecule has 0 amide bonds. The van der Waals surface area contributed by atoms with Crippen LogP contribution in [0.4, 0.5) is 8.78 Å². The summed E-state index contributed by atoms with van der Waals surface area (Å²) in [5.74, 6) is -1.05. The average molecular weight is 253 g/mol. The molecule has 0 bridgehead atoms. The number of Topliss-reactive ketones (excluding diaryl/α,β-unsaturated/α-hetero) is 1. The third kappa shape index (κ3) is 2.75. The Kier molecular flexibility index (Phi) is 3.76. The first-order chi connectivity index (χ1) is 8.51. The summed E-state index contributed by atoms with van der Waals surface area (Å²) in [5, 5.41) is 3.18. The van der Waals surface area contributed by atoms with E-state index in [2.05, 4.69) is 5.32 Å². The van der Waals surface area contributed by atoms with Gasteiger partial charge in [-0.3, -0.25) is 4.79 Å². The quantitative estimate of drug-likeness (QED) is 0.896. The van der Waals surface area contributed by atoms with Gasteiger partial charge in [0.15, 0.2) is 0 Å². The third-order valence-corrected chi connectivity index (χ3v) is 3.63. The van der Waals surface area contributed by atoms with E-state index in [1.807, 2.05) is 6.92 Å². The summed E-state index contributed by atoms with van der Waals surface area (Å²) in [6.45, 7) is 3.42. The minimum absolute atomic E-state index is 0.0285. The van der Waals surface area contributed by atoms with Gasteiger partial charge in [-0.2, -0.15) is 0 Å². The van der Waals surface area contributed by atoms with Crippen LogP contribution in [-0.2, 0) is 11.2 Å². The molecule has 98 valence electrons. The molecule has 1 aliphatic heterocycles. The highest BCUT2D eigenvalue weighted by Crippen LogP contribution is 2.28. The van der Waals surface area contributed by atoms with Crippen LogP contribution in [0.3, 0.4) is 0 Å². The highest BCUT2D eigenvalue weighted by atomic mass is 19.1. The number of hydrogen-bond donors (Lipinski definition) is 1. The Bertz CT molecular complexity index is 453. The lowest BCUT2D eigenvalue weighted by molar-refractivity contribution is -0.128. The number of nitrogens with one attached hydrogen (secondary N) is 1. The number of rotatable bonds is 3. The number of benzene rings is 1. The minimum atomic E-state index is -0.517. The van der Waals surface area contributed by atoms with E-state index in [1.54, 1.807) is 0 Å². The van der Waals surface area contributed by atoms with Crippen LogP contribution in [0.2, 0.25) is 0 Å². The standard InChI is InChI=1S/C14H17F2NO/c1-14(5-2-6-17-9-14)13(18)8-10-7-11(15)3-4-12(10)16/h3-4,7,17H,2,5-6,8-9H2,1H3. The number of hydrogen-bond acceptors (Lipinski definition) is 2. The van der Waals surface area contributed by atoms with E-state index in [-0.39, 0.29) is 17.8 Å². The lowest BCUT2D eigenvalue weighted by Gasteiger charge is -2.32. The first-order valence-electron chi connectivity index (χ1n) is 6.19. The van der Waals surface area contributed by atoms with Gasteiger partial charge in [0.1, 0.15) is 17.4 Å². The molecule has 1 heterocycles. The van der Waals surface area contributed by atoms with E-state index < -0.39 is 17.0 Å². The van der Waals surface area contributed by atoms with Crippen LogP contribution in [0.1, 0.15) is 25.3 Å². The van der Waals surface area contributed by atoms with Crippen molar-refractivity contribution in [3.8, 4) is 0 Å². The molecule has 1 atom stereocenters. The van der Waals surface area contributed by atoms with Crippen molar-refractivity contribution >= 4 is 5.78 Å². The van der Waals surface area contributed by atoms with E-state index in [9.17, 15) is 13.6 Å². The summed E-state index contributed by atoms with van der Waals surface area (Å²) in [4.78, 5) is 12.2. The number of halogens is 2. The SMILES string of the molecule is CC1(C(=O)Cc2cc(F)ccc2F)CCCNC1. The van der Waals surface area contributed by atoms with Crippen molar-refractivity contribution in [1.29, 1.82) is 0 Å². The lowest BCUT2D eigenvalue weighted by Crippen LogP contribution is -2.44. The molecule has 0 spiro atoms. The fourth-order valence-corrected chi connectivity index (χ4v) is 2.36. The van der Waals surface area contributed by atoms with Crippen LogP contribution in [0.5, 0.6) is 0 Å². The summed E-state index contributed by atoms with van der Waals surface area (Å²) in [6.07, 6.45) is 1.70. The fraction of sp³-hybridized carbons (Fsp3) is 0.500. The Morgan fingerprint density at radius 2 is 2.22 bits per heavy atom. The molecule has 1 aliphatic rings. The molecular weight excluding hydrogens is 236 g/mol. The highest BCUT2D eigenvalue weighted by Gasteiger charge is 2.34. The Hall–Kier alpha value is -1.29. The van der Waals surface area contributed by atoms with Gasteiger partial charge >= 0.3 is 0 Å². The van der Waals surface area contributed by atoms with Gasteiger partial charge in [-0.15, -0.1) is 0 Å². The van der Waals surface area contributed by atoms with Gasteiger partial charge in [-0.25, -0.2) is 8.78 Å². The van der Waals surface area contributed by atoms with Gasteiger partial charge < -0.3 is 5.32 Å². The zero-order valence-corrected chi connectivity index (χ0v) is 10.4. The predicted octanol–water partition coefficient (Wildman–Crippen LogP) is 2.47. The van der Waals surface area contributed by atoms with Crippen molar-refractivity contribution in [2.45, 2.75) is 26.2 Å². The second-order valence-corrected chi connectivity index (χ2v) is 5.18. The maximum absolute atomic E-state index is 13.5. The van der Waals surface area contributed by atoms with Crippen molar-refractivity contribution < 1.29 is 13.6 Å². The highest BCUT2D eigenvalue weighted by molar-refractivity contribution is 5.86. The summed E-state index contributed by atoms with van der Waals surface area (Å²) in [7, 11) is 0. The first kappa shape index (κ1) is 13.1. The van der Waals surface area contributed by atoms with Crippen molar-refractivity contribution in [3.05, 3.63) is 35.4 Å². The van der Waals surface area contributed by atoms with Crippen molar-refractivity contribution in [2.75, 3.05) is 13.1 Å². The van der Waals surface area contributed by atoms with Crippen LogP contribution in [0, 0.1) is 17.0 Å². The van der Waals surface area contributed by atoms with Crippen molar-refractivity contribution in [2.24, 2.45) is 5.41 Å². The number of carbonyl (C=O) groups excluding carboxylic acids is 1. The minimum Gasteiger partial charge on any atom is -0.316 e. The third-order valence-electron chi connectivity index (χ3n) is 3.63. The molecule has 2 rings (SSSR count). The van der Waals surface area contributed by atoms with Crippen LogP contribution in [0.25, 0.3) is 0 Å². The molecular formula is C14H17F2NO. The zero-order valence-electron chi connectivity index (χ0n) is 10.4. The topological polar surface area (TPSA) is 29.1 Å². The Morgan fingerprint density at radius 3 is 2.89 bits per heavy atom. The van der Waals surface area contributed by atoms with E-state index >= 15 is 0 Å². The largest absolute Gasteiger partial charge is 0.316 e. The van der Waals surface area contributed by atoms with Crippen LogP contribution < -0.4 is 5.32 Å². The van der Waals surface area contributed by atoms with Crippen LogP contribution in [0.15, 0.2) is 18.2 Å². The second-order valence-electron chi connectivity index (χ2n) is 5.18. The molecule has 1 unspecified atom stereocenters. The molecule has 0 aromatic heterocycles. The average Bonchev–Trinajstić information content (AvgIpc) is 2.35. The normalized spacial score (nSPS) is 23.9. The number of carbonyl (C=O) groups is 1. The van der Waals surface area contributed by atoms with E-state index in [4.69, 9.17) is 0 Å². The molecule has 4 heteroatoms. The van der Waals surface area contributed by atoms with Crippen molar-refractivity contribution in [3.63, 3.8) is 0 Å². The zero-order chi connectivity index (χ0) is 13.2. The Labute approximate surface area is 105 Å². The molecule has 1 aromatic rings. The van der Waals surface area contributed by atoms with Crippen LogP contribution >= 0.6 is 0 Å². The maximum Gasteiger partial charge on any atom is 0.144 e. The molecule has 2 nitrogen and oxygen atoms in total. The van der Waals surface area contributed by atoms with Crippen LogP contribution in [-0.4, -0.2) is 18.9 Å². The molecule has 1 N–H and O–H groups in total. The molecule has 1 fully saturated rings. The monoisotopic (exact) mass is 253 g/mol. The van der Waals surface area contributed by atoms with Gasteiger partial charge in [0.25, 0.3) is 0 Å². The predicted molar refractivity (Wildman–Crippen MR) is 65.3 cm³/mol. The Balaban J connectivity index is 2.13. The molecule has 0 saturated carbocycles. The molecule has 0 radical (unpaired) electrons. The summed E-state index contributed by atoms with van der Waals surface area (Å²) >= 11 is 0. The van der Waals surface area contributed by atoms with Gasteiger partial charge in [-0.1, -0.05) is 6.92 Å². The fourth-order valence-electron chi connectivity index (χ4n) is 2.36. The van der Waals surface area contributed by atoms with E-state index in [0.717, 1.165) is 37.6 Å². The molecule has 0 aliphatic carbocycles. The summed E-state index contributed by atoms with van der Waals surface area (Å²) in [6, 6.07) is 3.24. The Morgan fingerprint density at radius 1 is 1.44 bits per heavy atom.